The van der Waals surface area contributed by atoms with Gasteiger partial charge in [-0.2, -0.15) is 0 Å². The van der Waals surface area contributed by atoms with Crippen molar-refractivity contribution in [1.82, 2.24) is 0 Å². The molecule has 688 valence electrons. The molecule has 132 heavy (non-hydrogen) atoms. The van der Waals surface area contributed by atoms with Crippen molar-refractivity contribution in [2.24, 2.45) is 17.2 Å². The van der Waals surface area contributed by atoms with E-state index >= 15 is 4.39 Å². The van der Waals surface area contributed by atoms with Crippen LogP contribution in [-0.2, 0) is 105 Å². The van der Waals surface area contributed by atoms with E-state index in [2.05, 4.69) is 36.6 Å². The Hall–Kier alpha value is -12.1. The minimum Gasteiger partial charge on any atom is -0.870 e. The van der Waals surface area contributed by atoms with Gasteiger partial charge in [0.1, 0.15) is 94.2 Å². The standard InChI is InChI=1S/C27H26FNO4.C25H21F2NO4.C20H18BrFO4.C10H9BrO2.C10H11FO3.C7H10BNO2.ClH.Li.H2O/c1-3-31-26(30)12-21-7-8-22(28)13-25(21)32-16-19-10-23-17(2)15-33-27(23)24(11-19)20-6-4-5-18(9-20)14-29;1-14-12-32-25-20(16-4-2-3-15(7-16)11-28)8-18(24(27)23(14)25)13-31-21-10-19(26)6-5-17(21)9-22(29)30;1-3-24-19(23)8-14-4-5-15(22)9-18(14)25-11-13-6-16-12(2)10-26-20(16)17(21)7-13;1-6-5-13-10-8(6)2-7(4-12)3-9(10)11;1-2-14-10(13)5-7-3-4-8(11)6-9(7)12;9-5-6-2-1-3-7(4-6)8(10)11;;;/h4-11,13,15H,3,12,14,16,29H2,1-2H3;2-8,10,12H,9,11,13,28H2,1H3,(H,29,30);4-7,9-10H,3,8,11H2,1-2H3;2-3,5,12H,4H2,1H3;3-4,6,12H,2,5H2,1H3;1-4,10-11H,5,9H2;1H;;1H2/q;;;;;;;+1;/p-1. The van der Waals surface area contributed by atoms with Crippen LogP contribution in [0.25, 0.3) is 66.1 Å². The van der Waals surface area contributed by atoms with Crippen LogP contribution in [0.1, 0.15) is 104 Å². The number of aliphatic hydroxyl groups excluding tert-OH is 1. The molecule has 4 heterocycles. The van der Waals surface area contributed by atoms with Gasteiger partial charge in [-0.3, -0.25) is 19.2 Å². The summed E-state index contributed by atoms with van der Waals surface area (Å²) in [5, 5.41) is 48.2. The molecule has 0 spiro atoms. The molecule has 0 aliphatic carbocycles. The van der Waals surface area contributed by atoms with Crippen LogP contribution < -0.4 is 55.7 Å². The number of carbonyl (C=O) groups excluding carboxylic acids is 3. The number of esters is 3. The van der Waals surface area contributed by atoms with E-state index in [4.69, 9.17) is 78.8 Å². The van der Waals surface area contributed by atoms with Gasteiger partial charge in [-0.25, -0.2) is 22.0 Å². The largest absolute Gasteiger partial charge is 1.00 e. The third-order valence-corrected chi connectivity index (χ3v) is 21.1. The smallest absolute Gasteiger partial charge is 0.870 e. The van der Waals surface area contributed by atoms with Crippen molar-refractivity contribution in [3.8, 4) is 45.3 Å². The van der Waals surface area contributed by atoms with Gasteiger partial charge in [0.2, 0.25) is 0 Å². The predicted molar refractivity (Wildman–Crippen MR) is 498 cm³/mol. The fourth-order valence-corrected chi connectivity index (χ4v) is 14.7. The van der Waals surface area contributed by atoms with Crippen molar-refractivity contribution < 1.29 is 137 Å². The Balaban J connectivity index is 0.000000225. The maximum Gasteiger partial charge on any atom is 1.00 e. The Morgan fingerprint density at radius 1 is 0.417 bits per heavy atom. The molecule has 0 aliphatic heterocycles. The van der Waals surface area contributed by atoms with Crippen LogP contribution in [0.3, 0.4) is 0 Å². The molecule has 15 aromatic rings. The summed E-state index contributed by atoms with van der Waals surface area (Å²) < 4.78 is 125. The van der Waals surface area contributed by atoms with E-state index in [0.717, 1.165) is 127 Å². The molecule has 0 atom stereocenters. The fraction of sp³-hybridized carbons (Fsp3) is 0.212. The maximum atomic E-state index is 15.4. The number of carbonyl (C=O) groups is 4. The number of hydrogen-bond acceptors (Lipinski definition) is 22. The Morgan fingerprint density at radius 2 is 0.788 bits per heavy atom. The fourth-order valence-electron chi connectivity index (χ4n) is 13.5. The van der Waals surface area contributed by atoms with Crippen LogP contribution in [0, 0.1) is 56.8 Å². The molecule has 4 aromatic heterocycles. The summed E-state index contributed by atoms with van der Waals surface area (Å²) in [6, 6.07) is 51.2. The molecule has 15 rings (SSSR count). The summed E-state index contributed by atoms with van der Waals surface area (Å²) in [5.74, 6) is -4.25. The number of hydrogen-bond donors (Lipinski definition) is 8. The van der Waals surface area contributed by atoms with Gasteiger partial charge in [-0.15, -0.1) is 12.4 Å². The van der Waals surface area contributed by atoms with Crippen molar-refractivity contribution in [2.75, 3.05) is 19.8 Å². The quantitative estimate of drug-likeness (QED) is 0.0103. The van der Waals surface area contributed by atoms with Gasteiger partial charge in [0.05, 0.1) is 91.5 Å². The second-order valence-electron chi connectivity index (χ2n) is 29.4. The summed E-state index contributed by atoms with van der Waals surface area (Å²) in [6.45, 7) is 15.2. The number of fused-ring (bicyclic) bond motifs is 4. The van der Waals surface area contributed by atoms with Crippen LogP contribution in [-0.4, -0.2) is 81.7 Å². The van der Waals surface area contributed by atoms with E-state index in [1.165, 1.54) is 48.7 Å². The van der Waals surface area contributed by atoms with Crippen molar-refractivity contribution in [3.63, 3.8) is 0 Å². The number of ether oxygens (including phenoxy) is 6. The molecule has 11 aromatic carbocycles. The van der Waals surface area contributed by atoms with Crippen LogP contribution in [0.5, 0.6) is 23.0 Å². The zero-order chi connectivity index (χ0) is 93.1. The van der Waals surface area contributed by atoms with Gasteiger partial charge < -0.3 is 94.1 Å². The Morgan fingerprint density at radius 3 is 1.23 bits per heavy atom. The maximum absolute atomic E-state index is 15.4. The topological polar surface area (TPSA) is 385 Å². The van der Waals surface area contributed by atoms with E-state index in [9.17, 15) is 41.8 Å². The van der Waals surface area contributed by atoms with E-state index < -0.39 is 48.1 Å². The zero-order valence-corrected chi connectivity index (χ0v) is 77.4. The Kier molecular flexibility index (Phi) is 41.9. The summed E-state index contributed by atoms with van der Waals surface area (Å²) in [5.41, 5.74) is 35.0. The molecule has 0 amide bonds. The molecule has 0 saturated heterocycles. The summed E-state index contributed by atoms with van der Waals surface area (Å²) in [4.78, 5) is 45.8. The van der Waals surface area contributed by atoms with Gasteiger partial charge in [0, 0.05) is 99.0 Å². The first-order chi connectivity index (χ1) is 61.9. The van der Waals surface area contributed by atoms with Crippen molar-refractivity contribution in [3.05, 3.63) is 335 Å². The number of nitrogens with two attached hydrogens (primary N) is 3. The number of carboxylic acids is 1. The molecule has 0 bridgehead atoms. The second-order valence-corrected chi connectivity index (χ2v) is 31.1. The number of rotatable bonds is 27. The van der Waals surface area contributed by atoms with E-state index in [1.54, 1.807) is 82.9 Å². The minimum atomic E-state index is -1.40. The van der Waals surface area contributed by atoms with E-state index in [1.807, 2.05) is 112 Å². The Bertz CT molecular complexity index is 6450. The number of aryl methyl sites for hydroxylation is 4. The molecule has 23 nitrogen and oxygen atoms in total. The molecule has 0 radical (unpaired) electrons. The number of carboxylic acid groups (broad SMARTS) is 1. The zero-order valence-electron chi connectivity index (χ0n) is 73.4. The normalized spacial score (nSPS) is 10.5. The minimum absolute atomic E-state index is 0. The number of aliphatic hydroxyl groups is 1. The van der Waals surface area contributed by atoms with Gasteiger partial charge in [0.25, 0.3) is 0 Å². The van der Waals surface area contributed by atoms with Crippen LogP contribution in [0.2, 0.25) is 0 Å². The number of benzene rings is 11. The number of furan rings is 4. The first-order valence-electron chi connectivity index (χ1n) is 40.7. The van der Waals surface area contributed by atoms with Gasteiger partial charge in [-0.05, 0) is 231 Å². The molecule has 0 fully saturated rings. The van der Waals surface area contributed by atoms with Crippen molar-refractivity contribution >= 4 is 125 Å². The van der Waals surface area contributed by atoms with Crippen molar-refractivity contribution in [2.45, 2.75) is 120 Å². The van der Waals surface area contributed by atoms with Crippen LogP contribution in [0.4, 0.5) is 22.0 Å². The van der Waals surface area contributed by atoms with Crippen LogP contribution in [0.15, 0.2) is 240 Å². The van der Waals surface area contributed by atoms with Gasteiger partial charge >= 0.3 is 49.9 Å². The van der Waals surface area contributed by atoms with Gasteiger partial charge in [-0.1, -0.05) is 84.9 Å². The van der Waals surface area contributed by atoms with E-state index in [-0.39, 0.29) is 124 Å². The molecule has 33 heteroatoms. The summed E-state index contributed by atoms with van der Waals surface area (Å²) in [6.07, 6.45) is 6.31. The Labute approximate surface area is 793 Å². The first-order valence-corrected chi connectivity index (χ1v) is 42.3. The monoisotopic (exact) mass is 1950 g/mol. The number of phenols is 1. The summed E-state index contributed by atoms with van der Waals surface area (Å²) in [7, 11) is -1.40. The number of phenolic OH excluding ortho intramolecular Hbond substituents is 1. The molecule has 12 N–H and O–H groups in total. The SMILES string of the molecule is CCOC(=O)Cc1ccc(F)cc1O.CCOC(=O)Cc1ccc(F)cc1OCc1cc(-c2cccc(CN)c2)c2occ(C)c2c1.CCOC(=O)Cc1ccc(F)cc1OCc1cc(Br)c2occ(C)c2c1.Cc1coc2c(-c3cccc(CN)c3)cc(COc3cc(F)ccc3CC(=O)O)c(F)c12.Cc1coc2c(Br)cc(CO)cc12.Cl.NCc1cccc(B(O)O)c1.[Li+].[OH-]. The first kappa shape index (κ1) is 107. The number of halogens is 8. The average Bonchev–Trinajstić information content (AvgIpc) is 1.60. The third-order valence-electron chi connectivity index (χ3n) is 19.9. The molecular formula is C99H97BBr2ClF5LiN3O20. The molecule has 0 aliphatic rings. The van der Waals surface area contributed by atoms with Gasteiger partial charge in [0.15, 0.2) is 0 Å². The number of aliphatic carboxylic acids is 1. The van der Waals surface area contributed by atoms with E-state index in [0.29, 0.717) is 94.2 Å². The average molecular weight is 1960 g/mol. The number of aromatic hydroxyl groups is 1. The van der Waals surface area contributed by atoms with Crippen LogP contribution >= 0.6 is 44.3 Å². The molecule has 0 unspecified atom stereocenters. The van der Waals surface area contributed by atoms with Crippen molar-refractivity contribution in [1.29, 1.82) is 0 Å². The second kappa shape index (κ2) is 51.7. The predicted octanol–water partition coefficient (Wildman–Crippen LogP) is 17.1. The third kappa shape index (κ3) is 29.5. The molecular weight excluding hydrogens is 1860 g/mol. The molecule has 0 saturated carbocycles. The summed E-state index contributed by atoms with van der Waals surface area (Å²) >= 11 is 6.89.